The van der Waals surface area contributed by atoms with E-state index < -0.39 is 12.0 Å². The predicted octanol–water partition coefficient (Wildman–Crippen LogP) is 0.0487. The zero-order valence-corrected chi connectivity index (χ0v) is 6.45. The van der Waals surface area contributed by atoms with Gasteiger partial charge in [0.05, 0.1) is 4.92 Å². The van der Waals surface area contributed by atoms with E-state index in [1.54, 1.807) is 0 Å². The first kappa shape index (κ1) is 9.33. The largest absolute Gasteiger partial charge is 0.517 e. The van der Waals surface area contributed by atoms with Gasteiger partial charge in [-0.2, -0.15) is 4.91 Å². The maximum absolute atomic E-state index is 10.2. The van der Waals surface area contributed by atoms with Gasteiger partial charge in [0.15, 0.2) is 0 Å². The molecule has 0 saturated heterocycles. The van der Waals surface area contributed by atoms with Gasteiger partial charge in [-0.25, -0.2) is 0 Å². The van der Waals surface area contributed by atoms with Gasteiger partial charge in [0.2, 0.25) is 0 Å². The van der Waals surface area contributed by atoms with Gasteiger partial charge in [-0.1, -0.05) is 17.2 Å². The minimum Gasteiger partial charge on any atom is -0.425 e. The third-order valence-electron chi connectivity index (χ3n) is 1.50. The summed E-state index contributed by atoms with van der Waals surface area (Å²) in [5.74, 6) is 0. The summed E-state index contributed by atoms with van der Waals surface area (Å²) in [6.45, 7) is 0. The summed E-state index contributed by atoms with van der Waals surface area (Å²) < 4.78 is 0. The highest BCUT2D eigenvalue weighted by Gasteiger charge is 2.16. The quantitative estimate of drug-likeness (QED) is 0.307. The topological polar surface area (TPSA) is 92.8 Å². The van der Waals surface area contributed by atoms with E-state index in [4.69, 9.17) is 5.02 Å². The standard InChI is InChI=1S/C6H5BN2O4/c10-7(8-11)5-1-3-6(4-2-5)9(12)13/h1-4,10H. The molecule has 0 saturated carbocycles. The molecule has 1 rings (SSSR count). The van der Waals surface area contributed by atoms with Crippen LogP contribution in [0.2, 0.25) is 0 Å². The van der Waals surface area contributed by atoms with Gasteiger partial charge >= 0.3 is 7.05 Å². The van der Waals surface area contributed by atoms with Gasteiger partial charge in [-0.15, -0.1) is 0 Å². The summed E-state index contributed by atoms with van der Waals surface area (Å²) in [5.41, 5.74) is 0.141. The summed E-state index contributed by atoms with van der Waals surface area (Å²) in [4.78, 5) is 19.5. The molecule has 0 amide bonds. The van der Waals surface area contributed by atoms with E-state index in [0.717, 1.165) is 0 Å². The van der Waals surface area contributed by atoms with E-state index in [0.29, 0.717) is 0 Å². The molecule has 66 valence electrons. The van der Waals surface area contributed by atoms with Crippen LogP contribution in [0.5, 0.6) is 0 Å². The number of non-ortho nitro benzene ring substituents is 1. The molecule has 13 heavy (non-hydrogen) atoms. The molecule has 0 aliphatic carbocycles. The second kappa shape index (κ2) is 3.77. The molecule has 7 heteroatoms. The van der Waals surface area contributed by atoms with Crippen molar-refractivity contribution < 1.29 is 9.95 Å². The van der Waals surface area contributed by atoms with Crippen LogP contribution in [0, 0.1) is 15.0 Å². The van der Waals surface area contributed by atoms with E-state index in [-0.39, 0.29) is 11.2 Å². The van der Waals surface area contributed by atoms with Crippen molar-refractivity contribution in [2.24, 2.45) is 5.09 Å². The second-order valence-electron chi connectivity index (χ2n) is 2.33. The number of hydrogen-bond acceptors (Lipinski definition) is 5. The van der Waals surface area contributed by atoms with Crippen LogP contribution in [-0.4, -0.2) is 17.0 Å². The van der Waals surface area contributed by atoms with Crippen molar-refractivity contribution in [1.82, 2.24) is 0 Å². The summed E-state index contributed by atoms with van der Waals surface area (Å²) in [6.07, 6.45) is 0. The number of rotatable bonds is 3. The summed E-state index contributed by atoms with van der Waals surface area (Å²) in [5, 5.41) is 21.5. The van der Waals surface area contributed by atoms with E-state index in [9.17, 15) is 15.0 Å². The van der Waals surface area contributed by atoms with Crippen LogP contribution in [0.4, 0.5) is 5.69 Å². The molecule has 1 aromatic carbocycles. The number of hydrogen-bond donors (Lipinski definition) is 1. The van der Waals surface area contributed by atoms with Crippen molar-refractivity contribution in [3.63, 3.8) is 0 Å². The molecule has 0 aromatic heterocycles. The Morgan fingerprint density at radius 3 is 2.31 bits per heavy atom. The van der Waals surface area contributed by atoms with Crippen LogP contribution < -0.4 is 5.46 Å². The first-order valence-electron chi connectivity index (χ1n) is 3.40. The Hall–Kier alpha value is -1.76. The Bertz CT molecular complexity index is 326. The molecule has 6 nitrogen and oxygen atoms in total. The lowest BCUT2D eigenvalue weighted by Gasteiger charge is -1.95. The molecular formula is C6H5BN2O4. The van der Waals surface area contributed by atoms with Crippen molar-refractivity contribution in [3.05, 3.63) is 39.3 Å². The van der Waals surface area contributed by atoms with E-state index >= 15 is 0 Å². The van der Waals surface area contributed by atoms with E-state index in [1.807, 2.05) is 0 Å². The normalized spacial score (nSPS) is 9.31. The Morgan fingerprint density at radius 2 is 1.92 bits per heavy atom. The molecule has 0 unspecified atom stereocenters. The minimum absolute atomic E-state index is 0.0955. The Labute approximate surface area is 73.5 Å². The van der Waals surface area contributed by atoms with Crippen molar-refractivity contribution in [1.29, 1.82) is 0 Å². The fourth-order valence-electron chi connectivity index (χ4n) is 0.829. The Kier molecular flexibility index (Phi) is 2.71. The van der Waals surface area contributed by atoms with Gasteiger partial charge < -0.3 is 5.02 Å². The number of nitro benzene ring substituents is 1. The third-order valence-corrected chi connectivity index (χ3v) is 1.50. The molecule has 0 fully saturated rings. The number of nitro groups is 1. The molecule has 0 bridgehead atoms. The van der Waals surface area contributed by atoms with Crippen LogP contribution in [0.3, 0.4) is 0 Å². The fraction of sp³-hybridized carbons (Fsp3) is 0. The summed E-state index contributed by atoms with van der Waals surface area (Å²) >= 11 is 0. The van der Waals surface area contributed by atoms with Crippen LogP contribution >= 0.6 is 0 Å². The van der Waals surface area contributed by atoms with Gasteiger partial charge in [0.25, 0.3) is 5.69 Å². The maximum Gasteiger partial charge on any atom is 0.517 e. The average Bonchev–Trinajstić information content (AvgIpc) is 2.17. The first-order chi connectivity index (χ1) is 6.15. The Morgan fingerprint density at radius 1 is 1.38 bits per heavy atom. The summed E-state index contributed by atoms with van der Waals surface area (Å²) in [7, 11) is -1.46. The zero-order chi connectivity index (χ0) is 9.84. The molecule has 0 aliphatic rings. The average molecular weight is 180 g/mol. The minimum atomic E-state index is -1.46. The number of nitroso groups, excluding NO2 is 1. The van der Waals surface area contributed by atoms with E-state index in [2.05, 4.69) is 5.09 Å². The molecule has 0 radical (unpaired) electrons. The SMILES string of the molecule is O=NB(O)c1ccc([N+](=O)[O-])cc1. The lowest BCUT2D eigenvalue weighted by molar-refractivity contribution is -0.384. The molecule has 1 aromatic rings. The van der Waals surface area contributed by atoms with Gasteiger partial charge in [-0.05, 0) is 5.46 Å². The smallest absolute Gasteiger partial charge is 0.425 e. The molecule has 0 spiro atoms. The monoisotopic (exact) mass is 180 g/mol. The number of benzene rings is 1. The molecule has 0 heterocycles. The van der Waals surface area contributed by atoms with Crippen LogP contribution in [0.15, 0.2) is 29.4 Å². The van der Waals surface area contributed by atoms with Crippen molar-refractivity contribution in [2.45, 2.75) is 0 Å². The van der Waals surface area contributed by atoms with E-state index in [1.165, 1.54) is 24.3 Å². The Balaban J connectivity index is 2.93. The predicted molar refractivity (Wildman–Crippen MR) is 46.5 cm³/mol. The fourth-order valence-corrected chi connectivity index (χ4v) is 0.829. The zero-order valence-electron chi connectivity index (χ0n) is 6.45. The molecule has 1 N–H and O–H groups in total. The van der Waals surface area contributed by atoms with Crippen molar-refractivity contribution >= 4 is 18.2 Å². The first-order valence-corrected chi connectivity index (χ1v) is 3.40. The molecule has 0 atom stereocenters. The van der Waals surface area contributed by atoms with Crippen LogP contribution in [0.25, 0.3) is 0 Å². The van der Waals surface area contributed by atoms with Crippen LogP contribution in [0.1, 0.15) is 0 Å². The third kappa shape index (κ3) is 2.09. The number of nitrogens with zero attached hydrogens (tertiary/aromatic N) is 2. The maximum atomic E-state index is 10.2. The highest BCUT2D eigenvalue weighted by atomic mass is 16.6. The molecular weight excluding hydrogens is 175 g/mol. The van der Waals surface area contributed by atoms with Gasteiger partial charge in [0.1, 0.15) is 0 Å². The lowest BCUT2D eigenvalue weighted by atomic mass is 9.76. The highest BCUT2D eigenvalue weighted by Crippen LogP contribution is 2.06. The summed E-state index contributed by atoms with van der Waals surface area (Å²) in [6, 6.07) is 4.96. The van der Waals surface area contributed by atoms with Crippen molar-refractivity contribution in [2.75, 3.05) is 0 Å². The second-order valence-corrected chi connectivity index (χ2v) is 2.33. The van der Waals surface area contributed by atoms with Gasteiger partial charge in [-0.3, -0.25) is 10.1 Å². The van der Waals surface area contributed by atoms with Gasteiger partial charge in [0, 0.05) is 12.1 Å². The molecule has 0 aliphatic heterocycles. The van der Waals surface area contributed by atoms with Crippen LogP contribution in [-0.2, 0) is 0 Å². The lowest BCUT2D eigenvalue weighted by Crippen LogP contribution is -2.27. The highest BCUT2D eigenvalue weighted by molar-refractivity contribution is 6.64. The van der Waals surface area contributed by atoms with Crippen molar-refractivity contribution in [3.8, 4) is 0 Å².